The van der Waals surface area contributed by atoms with Gasteiger partial charge in [-0.2, -0.15) is 0 Å². The predicted molar refractivity (Wildman–Crippen MR) is 133 cm³/mol. The number of hydrogen-bond donors (Lipinski definition) is 1. The van der Waals surface area contributed by atoms with Gasteiger partial charge in [-0.3, -0.25) is 34.2 Å². The zero-order valence-electron chi connectivity index (χ0n) is 20.1. The first-order valence-electron chi connectivity index (χ1n) is 11.4. The number of imide groups is 1. The Morgan fingerprint density at radius 2 is 1.73 bits per heavy atom. The molecule has 0 fully saturated rings. The van der Waals surface area contributed by atoms with Crippen LogP contribution in [-0.2, 0) is 14.3 Å². The van der Waals surface area contributed by atoms with Gasteiger partial charge in [0.15, 0.2) is 0 Å². The molecular formula is C27H23N3O7. The van der Waals surface area contributed by atoms with Crippen LogP contribution in [0.5, 0.6) is 0 Å². The van der Waals surface area contributed by atoms with Gasteiger partial charge in [0.2, 0.25) is 6.10 Å². The van der Waals surface area contributed by atoms with Crippen LogP contribution in [0.4, 0.5) is 11.4 Å². The van der Waals surface area contributed by atoms with Crippen molar-refractivity contribution < 1.29 is 28.8 Å². The van der Waals surface area contributed by atoms with Gasteiger partial charge in [0.25, 0.3) is 23.4 Å². The van der Waals surface area contributed by atoms with Gasteiger partial charge in [-0.05, 0) is 37.1 Å². The SMILES string of the molecule is Cc1ccc(C)c(NC(=O)[C@@H](OC(=O)CCN2C(=O)c3cccc([N+](=O)[O-])c3C2=O)c2ccccc2)c1. The summed E-state index contributed by atoms with van der Waals surface area (Å²) in [7, 11) is 0. The lowest BCUT2D eigenvalue weighted by molar-refractivity contribution is -0.385. The van der Waals surface area contributed by atoms with Crippen molar-refractivity contribution in [1.82, 2.24) is 4.90 Å². The predicted octanol–water partition coefficient (Wildman–Crippen LogP) is 4.12. The van der Waals surface area contributed by atoms with Crippen molar-refractivity contribution in [3.63, 3.8) is 0 Å². The minimum Gasteiger partial charge on any atom is -0.447 e. The molecule has 3 aromatic carbocycles. The molecule has 0 unspecified atom stereocenters. The van der Waals surface area contributed by atoms with E-state index in [1.807, 2.05) is 26.0 Å². The van der Waals surface area contributed by atoms with E-state index >= 15 is 0 Å². The van der Waals surface area contributed by atoms with E-state index < -0.39 is 46.8 Å². The van der Waals surface area contributed by atoms with Crippen molar-refractivity contribution in [2.24, 2.45) is 0 Å². The number of benzene rings is 3. The second-order valence-corrected chi connectivity index (χ2v) is 8.56. The molecule has 10 nitrogen and oxygen atoms in total. The quantitative estimate of drug-likeness (QED) is 0.212. The number of anilines is 1. The second-order valence-electron chi connectivity index (χ2n) is 8.56. The first-order chi connectivity index (χ1) is 17.7. The number of ether oxygens (including phenoxy) is 1. The molecule has 10 heteroatoms. The van der Waals surface area contributed by atoms with Crippen LogP contribution in [0, 0.1) is 24.0 Å². The van der Waals surface area contributed by atoms with Gasteiger partial charge in [0.05, 0.1) is 16.9 Å². The van der Waals surface area contributed by atoms with Crippen molar-refractivity contribution in [2.45, 2.75) is 26.4 Å². The summed E-state index contributed by atoms with van der Waals surface area (Å²) in [4.78, 5) is 62.7. The third-order valence-electron chi connectivity index (χ3n) is 5.95. The van der Waals surface area contributed by atoms with Gasteiger partial charge in [-0.25, -0.2) is 0 Å². The number of esters is 1. The maximum atomic E-state index is 13.2. The number of nitro groups is 1. The number of aryl methyl sites for hydroxylation is 2. The zero-order valence-corrected chi connectivity index (χ0v) is 20.1. The third kappa shape index (κ3) is 5.22. The molecule has 3 amide bonds. The molecule has 0 aromatic heterocycles. The molecule has 1 aliphatic heterocycles. The number of fused-ring (bicyclic) bond motifs is 1. The van der Waals surface area contributed by atoms with E-state index in [2.05, 4.69) is 5.32 Å². The molecule has 188 valence electrons. The number of nitrogens with one attached hydrogen (secondary N) is 1. The Balaban J connectivity index is 1.48. The molecule has 0 radical (unpaired) electrons. The lowest BCUT2D eigenvalue weighted by Crippen LogP contribution is -2.33. The van der Waals surface area contributed by atoms with Crippen molar-refractivity contribution >= 4 is 35.1 Å². The van der Waals surface area contributed by atoms with Crippen LogP contribution in [0.15, 0.2) is 66.7 Å². The van der Waals surface area contributed by atoms with Crippen LogP contribution in [0.2, 0.25) is 0 Å². The maximum absolute atomic E-state index is 13.2. The molecule has 37 heavy (non-hydrogen) atoms. The number of carbonyl (C=O) groups is 4. The standard InChI is InChI=1S/C27H23N3O7/c1-16-11-12-17(2)20(15-16)28-25(32)24(18-7-4-3-5-8-18)37-22(31)13-14-29-26(33)19-9-6-10-21(30(35)36)23(19)27(29)34/h3-12,15,24H,13-14H2,1-2H3,(H,28,32)/t24-/m0/s1. The highest BCUT2D eigenvalue weighted by molar-refractivity contribution is 6.23. The Hall–Kier alpha value is -4.86. The van der Waals surface area contributed by atoms with E-state index in [4.69, 9.17) is 4.74 Å². The normalized spacial score (nSPS) is 13.2. The number of hydrogen-bond acceptors (Lipinski definition) is 7. The van der Waals surface area contributed by atoms with E-state index in [9.17, 15) is 29.3 Å². The van der Waals surface area contributed by atoms with Gasteiger partial charge in [0.1, 0.15) is 5.56 Å². The summed E-state index contributed by atoms with van der Waals surface area (Å²) in [6.07, 6.45) is -1.68. The Bertz CT molecular complexity index is 1420. The summed E-state index contributed by atoms with van der Waals surface area (Å²) < 4.78 is 5.50. The monoisotopic (exact) mass is 501 g/mol. The zero-order chi connectivity index (χ0) is 26.7. The smallest absolute Gasteiger partial charge is 0.308 e. The van der Waals surface area contributed by atoms with Crippen molar-refractivity contribution in [1.29, 1.82) is 0 Å². The first-order valence-corrected chi connectivity index (χ1v) is 11.4. The van der Waals surface area contributed by atoms with Crippen molar-refractivity contribution in [3.05, 3.63) is 105 Å². The van der Waals surface area contributed by atoms with E-state index in [-0.39, 0.29) is 17.7 Å². The number of nitro benzene ring substituents is 1. The Morgan fingerprint density at radius 3 is 2.43 bits per heavy atom. The molecule has 0 spiro atoms. The highest BCUT2D eigenvalue weighted by Gasteiger charge is 2.41. The molecule has 1 N–H and O–H groups in total. The summed E-state index contributed by atoms with van der Waals surface area (Å²) in [6, 6.07) is 17.8. The van der Waals surface area contributed by atoms with Gasteiger partial charge >= 0.3 is 5.97 Å². The van der Waals surface area contributed by atoms with Crippen molar-refractivity contribution in [3.8, 4) is 0 Å². The third-order valence-corrected chi connectivity index (χ3v) is 5.95. The molecule has 0 aliphatic carbocycles. The molecule has 1 heterocycles. The number of amides is 3. The highest BCUT2D eigenvalue weighted by Crippen LogP contribution is 2.31. The number of carbonyl (C=O) groups excluding carboxylic acids is 4. The minimum absolute atomic E-state index is 0.0948. The van der Waals surface area contributed by atoms with Crippen LogP contribution in [-0.4, -0.2) is 40.1 Å². The summed E-state index contributed by atoms with van der Waals surface area (Å²) in [5.74, 6) is -2.98. The maximum Gasteiger partial charge on any atom is 0.308 e. The number of rotatable bonds is 8. The first kappa shape index (κ1) is 25.2. The molecule has 0 saturated carbocycles. The molecule has 0 saturated heterocycles. The molecule has 4 rings (SSSR count). The van der Waals surface area contributed by atoms with Gasteiger partial charge in [0, 0.05) is 23.9 Å². The van der Waals surface area contributed by atoms with Gasteiger partial charge in [-0.1, -0.05) is 48.5 Å². The summed E-state index contributed by atoms with van der Waals surface area (Å²) in [5, 5.41) is 14.1. The average molecular weight is 501 g/mol. The number of nitrogens with zero attached hydrogens (tertiary/aromatic N) is 2. The van der Waals surface area contributed by atoms with Crippen LogP contribution < -0.4 is 5.32 Å². The second kappa shape index (κ2) is 10.4. The van der Waals surface area contributed by atoms with E-state index in [0.717, 1.165) is 22.1 Å². The summed E-state index contributed by atoms with van der Waals surface area (Å²) in [5.41, 5.74) is 1.91. The Labute approximate surface area is 212 Å². The average Bonchev–Trinajstić information content (AvgIpc) is 3.13. The molecule has 1 aliphatic rings. The van der Waals surface area contributed by atoms with Gasteiger partial charge < -0.3 is 10.1 Å². The minimum atomic E-state index is -1.28. The molecular weight excluding hydrogens is 478 g/mol. The lowest BCUT2D eigenvalue weighted by Gasteiger charge is -2.20. The molecule has 1 atom stereocenters. The molecule has 3 aromatic rings. The lowest BCUT2D eigenvalue weighted by atomic mass is 10.1. The fourth-order valence-electron chi connectivity index (χ4n) is 4.03. The summed E-state index contributed by atoms with van der Waals surface area (Å²) >= 11 is 0. The van der Waals surface area contributed by atoms with Crippen LogP contribution in [0.25, 0.3) is 0 Å². The Morgan fingerprint density at radius 1 is 1.00 bits per heavy atom. The van der Waals surface area contributed by atoms with E-state index in [0.29, 0.717) is 11.3 Å². The van der Waals surface area contributed by atoms with Crippen LogP contribution in [0.1, 0.15) is 49.9 Å². The molecule has 0 bridgehead atoms. The fraction of sp³-hybridized carbons (Fsp3) is 0.185. The topological polar surface area (TPSA) is 136 Å². The van der Waals surface area contributed by atoms with Crippen LogP contribution in [0.3, 0.4) is 0 Å². The van der Waals surface area contributed by atoms with Gasteiger partial charge in [-0.15, -0.1) is 0 Å². The van der Waals surface area contributed by atoms with Crippen molar-refractivity contribution in [2.75, 3.05) is 11.9 Å². The highest BCUT2D eigenvalue weighted by atomic mass is 16.6. The van der Waals surface area contributed by atoms with Crippen LogP contribution >= 0.6 is 0 Å². The Kier molecular flexibility index (Phi) is 7.10. The summed E-state index contributed by atoms with van der Waals surface area (Å²) in [6.45, 7) is 3.37. The van der Waals surface area contributed by atoms with E-state index in [1.165, 1.54) is 12.1 Å². The largest absolute Gasteiger partial charge is 0.447 e. The fourth-order valence-corrected chi connectivity index (χ4v) is 4.03. The van der Waals surface area contributed by atoms with E-state index in [1.54, 1.807) is 36.4 Å².